The summed E-state index contributed by atoms with van der Waals surface area (Å²) in [5.74, 6) is 0.339. The fourth-order valence-corrected chi connectivity index (χ4v) is 9.30. The van der Waals surface area contributed by atoms with Crippen LogP contribution >= 0.6 is 0 Å². The summed E-state index contributed by atoms with van der Waals surface area (Å²) in [5.41, 5.74) is 5.50. The number of ether oxygens (including phenoxy) is 4. The molecule has 304 valence electrons. The molecule has 1 aliphatic heterocycles. The quantitative estimate of drug-likeness (QED) is 0.0629. The van der Waals surface area contributed by atoms with E-state index in [1.54, 1.807) is 50.0 Å². The Labute approximate surface area is 333 Å². The van der Waals surface area contributed by atoms with E-state index in [4.69, 9.17) is 23.1 Å². The number of carbonyl (C=O) groups excluding carboxylic acids is 1. The van der Waals surface area contributed by atoms with Crippen molar-refractivity contribution in [2.45, 2.75) is 75.3 Å². The number of unbranched alkanes of at least 4 members (excludes halogenated alkanes) is 1. The largest absolute Gasteiger partial charge is 0.494 e. The van der Waals surface area contributed by atoms with E-state index >= 15 is 0 Å². The molecule has 0 aliphatic carbocycles. The SMILES string of the molecule is CCOC(=O)CC(c1ccc(C)c(CN2C[C@@H](C)Oc3cc(OCCCCOS(=O)(=O)c4ccc(C)cc4)ccc3S2(=O)=O)c1)c1cc(OC)c2c(c1)nnn2C. The number of esters is 1. The predicted octanol–water partition coefficient (Wildman–Crippen LogP) is 6.22. The van der Waals surface area contributed by atoms with Gasteiger partial charge in [-0.2, -0.15) is 12.7 Å². The molecule has 0 spiro atoms. The van der Waals surface area contributed by atoms with Crippen molar-refractivity contribution in [3.8, 4) is 17.2 Å². The van der Waals surface area contributed by atoms with Crippen LogP contribution in [-0.2, 0) is 47.4 Å². The van der Waals surface area contributed by atoms with E-state index in [2.05, 4.69) is 10.3 Å². The van der Waals surface area contributed by atoms with Gasteiger partial charge in [-0.15, -0.1) is 5.10 Å². The van der Waals surface area contributed by atoms with Crippen LogP contribution in [0.1, 0.15) is 66.8 Å². The van der Waals surface area contributed by atoms with Gasteiger partial charge in [-0.05, 0) is 99.2 Å². The van der Waals surface area contributed by atoms with Gasteiger partial charge in [0.25, 0.3) is 10.1 Å². The van der Waals surface area contributed by atoms with Crippen LogP contribution in [-0.4, -0.2) is 81.7 Å². The number of benzene rings is 4. The Bertz CT molecular complexity index is 2450. The van der Waals surface area contributed by atoms with E-state index in [-0.39, 0.29) is 60.8 Å². The van der Waals surface area contributed by atoms with Crippen LogP contribution in [0.4, 0.5) is 0 Å². The molecule has 1 unspecified atom stereocenters. The fourth-order valence-electron chi connectivity index (χ4n) is 6.76. The van der Waals surface area contributed by atoms with E-state index in [0.29, 0.717) is 29.9 Å². The minimum atomic E-state index is -4.03. The Morgan fingerprint density at radius 3 is 2.47 bits per heavy atom. The van der Waals surface area contributed by atoms with Gasteiger partial charge in [-0.1, -0.05) is 41.1 Å². The van der Waals surface area contributed by atoms with Gasteiger partial charge in [0, 0.05) is 25.6 Å². The number of hydrogen-bond donors (Lipinski definition) is 0. The zero-order valence-electron chi connectivity index (χ0n) is 32.9. The maximum Gasteiger partial charge on any atom is 0.306 e. The van der Waals surface area contributed by atoms with E-state index < -0.39 is 32.2 Å². The highest BCUT2D eigenvalue weighted by atomic mass is 32.2. The first kappa shape index (κ1) is 41.6. The average molecular weight is 821 g/mol. The Balaban J connectivity index is 1.17. The first-order valence-electron chi connectivity index (χ1n) is 18.7. The molecule has 16 heteroatoms. The molecule has 0 fully saturated rings. The van der Waals surface area contributed by atoms with E-state index in [9.17, 15) is 21.6 Å². The summed E-state index contributed by atoms with van der Waals surface area (Å²) in [6, 6.07) is 20.7. The van der Waals surface area contributed by atoms with Crippen LogP contribution in [0.2, 0.25) is 0 Å². The summed E-state index contributed by atoms with van der Waals surface area (Å²) in [5, 5.41) is 8.43. The zero-order chi connectivity index (χ0) is 40.9. The van der Waals surface area contributed by atoms with Gasteiger partial charge in [0.15, 0.2) is 0 Å². The van der Waals surface area contributed by atoms with Crippen LogP contribution in [0.3, 0.4) is 0 Å². The third-order valence-electron chi connectivity index (χ3n) is 9.79. The van der Waals surface area contributed by atoms with Gasteiger partial charge in [0.2, 0.25) is 10.0 Å². The number of methoxy groups -OCH3 is 1. The number of aromatic nitrogens is 3. The standard InChI is InChI=1S/C41H48N4O10S2/c1-7-52-40(46)24-35(31-21-36-41(38(22-31)51-6)44(5)43-42-36)30-13-12-28(3)32(20-30)26-45-25-29(4)55-37-23-33(14-17-39(37)56(45,47)48)53-18-8-9-19-54-57(49,50)34-15-10-27(2)11-16-34/h10-17,20-23,29,35H,7-9,18-19,24-26H2,1-6H3/t29-,35?/m1/s1. The Hall–Kier alpha value is -5.03. The van der Waals surface area contributed by atoms with Crippen molar-refractivity contribution in [2.75, 3.05) is 33.5 Å². The first-order chi connectivity index (χ1) is 27.2. The Kier molecular flexibility index (Phi) is 12.9. The molecule has 2 atom stereocenters. The van der Waals surface area contributed by atoms with Gasteiger partial charge < -0.3 is 18.9 Å². The molecule has 0 bridgehead atoms. The third kappa shape index (κ3) is 9.58. The second-order valence-electron chi connectivity index (χ2n) is 14.0. The second-order valence-corrected chi connectivity index (χ2v) is 17.6. The lowest BCUT2D eigenvalue weighted by atomic mass is 9.86. The van der Waals surface area contributed by atoms with Crippen molar-refractivity contribution >= 4 is 37.1 Å². The topological polar surface area (TPSA) is 165 Å². The summed E-state index contributed by atoms with van der Waals surface area (Å²) in [7, 11) is -4.53. The van der Waals surface area contributed by atoms with Gasteiger partial charge in [-0.25, -0.2) is 13.1 Å². The molecule has 0 radical (unpaired) electrons. The van der Waals surface area contributed by atoms with E-state index in [0.717, 1.165) is 33.3 Å². The molecule has 0 saturated heterocycles. The van der Waals surface area contributed by atoms with Gasteiger partial charge in [0.05, 0.1) is 44.8 Å². The normalized spacial score (nSPS) is 16.0. The molecule has 4 aromatic carbocycles. The number of nitrogens with zero attached hydrogens (tertiary/aromatic N) is 4. The number of carbonyl (C=O) groups is 1. The molecule has 2 heterocycles. The Morgan fingerprint density at radius 1 is 0.982 bits per heavy atom. The number of fused-ring (bicyclic) bond motifs is 2. The summed E-state index contributed by atoms with van der Waals surface area (Å²) >= 11 is 0. The average Bonchev–Trinajstić information content (AvgIpc) is 3.51. The fraction of sp³-hybridized carbons (Fsp3) is 0.390. The van der Waals surface area contributed by atoms with Crippen molar-refractivity contribution in [1.82, 2.24) is 19.3 Å². The van der Waals surface area contributed by atoms with Crippen LogP contribution in [0, 0.1) is 13.8 Å². The highest BCUT2D eigenvalue weighted by molar-refractivity contribution is 7.89. The van der Waals surface area contributed by atoms with E-state index in [1.807, 2.05) is 51.1 Å². The van der Waals surface area contributed by atoms with E-state index in [1.165, 1.54) is 22.5 Å². The number of hydrogen-bond acceptors (Lipinski definition) is 12. The van der Waals surface area contributed by atoms with Gasteiger partial charge >= 0.3 is 5.97 Å². The maximum absolute atomic E-state index is 14.2. The molecule has 6 rings (SSSR count). The minimum absolute atomic E-state index is 0.000276. The van der Waals surface area contributed by atoms with Crippen molar-refractivity contribution in [1.29, 1.82) is 0 Å². The molecule has 1 aromatic heterocycles. The van der Waals surface area contributed by atoms with Crippen LogP contribution in [0.5, 0.6) is 17.2 Å². The summed E-state index contributed by atoms with van der Waals surface area (Å²) in [6.45, 7) is 8.01. The molecule has 0 N–H and O–H groups in total. The highest BCUT2D eigenvalue weighted by Gasteiger charge is 2.34. The third-order valence-corrected chi connectivity index (χ3v) is 13.0. The van der Waals surface area contributed by atoms with Gasteiger partial charge in [0.1, 0.15) is 39.3 Å². The summed E-state index contributed by atoms with van der Waals surface area (Å²) < 4.78 is 84.7. The van der Waals surface area contributed by atoms with Crippen LogP contribution in [0.25, 0.3) is 11.0 Å². The molecular formula is C41H48N4O10S2. The zero-order valence-corrected chi connectivity index (χ0v) is 34.6. The smallest absolute Gasteiger partial charge is 0.306 e. The summed E-state index contributed by atoms with van der Waals surface area (Å²) in [6.07, 6.45) is 0.489. The molecule has 0 amide bonds. The van der Waals surface area contributed by atoms with Gasteiger partial charge in [-0.3, -0.25) is 8.98 Å². The van der Waals surface area contributed by atoms with Crippen LogP contribution < -0.4 is 14.2 Å². The lowest BCUT2D eigenvalue weighted by molar-refractivity contribution is -0.143. The first-order valence-corrected chi connectivity index (χ1v) is 21.6. The Morgan fingerprint density at radius 2 is 1.74 bits per heavy atom. The van der Waals surface area contributed by atoms with Crippen molar-refractivity contribution in [3.05, 3.63) is 101 Å². The second kappa shape index (κ2) is 17.6. The number of aryl methyl sites for hydroxylation is 3. The predicted molar refractivity (Wildman–Crippen MR) is 213 cm³/mol. The highest BCUT2D eigenvalue weighted by Crippen LogP contribution is 2.38. The van der Waals surface area contributed by atoms with Crippen LogP contribution in [0.15, 0.2) is 82.6 Å². The molecule has 0 saturated carbocycles. The lowest BCUT2D eigenvalue weighted by Crippen LogP contribution is -2.35. The number of rotatable bonds is 16. The molecular weight excluding hydrogens is 773 g/mol. The monoisotopic (exact) mass is 820 g/mol. The molecule has 1 aliphatic rings. The molecule has 5 aromatic rings. The lowest BCUT2D eigenvalue weighted by Gasteiger charge is -2.24. The summed E-state index contributed by atoms with van der Waals surface area (Å²) in [4.78, 5) is 13.1. The van der Waals surface area contributed by atoms with Crippen molar-refractivity contribution in [2.24, 2.45) is 7.05 Å². The maximum atomic E-state index is 14.2. The number of sulfonamides is 1. The molecule has 14 nitrogen and oxygen atoms in total. The molecule has 57 heavy (non-hydrogen) atoms. The minimum Gasteiger partial charge on any atom is -0.494 e. The van der Waals surface area contributed by atoms with Crippen molar-refractivity contribution < 1.29 is 44.8 Å². The van der Waals surface area contributed by atoms with Crippen molar-refractivity contribution in [3.63, 3.8) is 0 Å².